The van der Waals surface area contributed by atoms with Crippen molar-refractivity contribution in [1.82, 2.24) is 0 Å². The van der Waals surface area contributed by atoms with Crippen molar-refractivity contribution in [3.8, 4) is 5.75 Å². The minimum atomic E-state index is -0.734. The first-order chi connectivity index (χ1) is 7.99. The lowest BCUT2D eigenvalue weighted by Gasteiger charge is -2.44. The third-order valence-corrected chi connectivity index (χ3v) is 3.63. The van der Waals surface area contributed by atoms with Gasteiger partial charge in [0.05, 0.1) is 5.41 Å². The third-order valence-electron chi connectivity index (χ3n) is 3.63. The quantitative estimate of drug-likeness (QED) is 0.811. The molecule has 1 fully saturated rings. The summed E-state index contributed by atoms with van der Waals surface area (Å²) in [4.78, 5) is 11.5. The Labute approximate surface area is 98.6 Å². The van der Waals surface area contributed by atoms with Crippen molar-refractivity contribution in [2.75, 3.05) is 0 Å². The second kappa shape index (κ2) is 4.09. The molecular weight excluding hydrogens is 226 g/mol. The van der Waals surface area contributed by atoms with Crippen molar-refractivity contribution in [2.24, 2.45) is 5.41 Å². The molecular formula is C13H14F2O2. The van der Waals surface area contributed by atoms with Crippen molar-refractivity contribution >= 4 is 5.78 Å². The van der Waals surface area contributed by atoms with E-state index in [0.29, 0.717) is 6.42 Å². The lowest BCUT2D eigenvalue weighted by atomic mass is 9.64. The molecule has 1 saturated carbocycles. The van der Waals surface area contributed by atoms with Crippen LogP contribution in [0.15, 0.2) is 18.2 Å². The maximum atomic E-state index is 13.4. The predicted molar refractivity (Wildman–Crippen MR) is 58.8 cm³/mol. The van der Waals surface area contributed by atoms with E-state index in [-0.39, 0.29) is 18.0 Å². The average Bonchev–Trinajstić information content (AvgIpc) is 2.31. The zero-order chi connectivity index (χ0) is 12.6. The van der Waals surface area contributed by atoms with E-state index in [0.717, 1.165) is 12.1 Å². The molecule has 2 unspecified atom stereocenters. The standard InChI is InChI=1S/C13H14F2O2/c1-3-13(2)10(16)7-11(13)17-12-8(14)5-4-6-9(12)15/h4-6,11H,3,7H2,1-2H3. The number of hydrogen-bond acceptors (Lipinski definition) is 2. The van der Waals surface area contributed by atoms with E-state index >= 15 is 0 Å². The SMILES string of the molecule is CCC1(C)C(=O)CC1Oc1c(F)cccc1F. The molecule has 1 aromatic rings. The molecule has 2 nitrogen and oxygen atoms in total. The summed E-state index contributed by atoms with van der Waals surface area (Å²) in [5.74, 6) is -1.77. The van der Waals surface area contributed by atoms with Crippen LogP contribution in [0.1, 0.15) is 26.7 Å². The molecule has 0 radical (unpaired) electrons. The highest BCUT2D eigenvalue weighted by Crippen LogP contribution is 2.43. The van der Waals surface area contributed by atoms with Gasteiger partial charge in [0.2, 0.25) is 0 Å². The highest BCUT2D eigenvalue weighted by atomic mass is 19.1. The molecule has 1 aromatic carbocycles. The van der Waals surface area contributed by atoms with Gasteiger partial charge in [0.1, 0.15) is 11.9 Å². The number of ether oxygens (including phenoxy) is 1. The molecule has 0 N–H and O–H groups in total. The van der Waals surface area contributed by atoms with E-state index in [1.165, 1.54) is 6.07 Å². The fourth-order valence-electron chi connectivity index (χ4n) is 2.01. The van der Waals surface area contributed by atoms with Crippen LogP contribution in [0.4, 0.5) is 8.78 Å². The van der Waals surface area contributed by atoms with Gasteiger partial charge in [-0.2, -0.15) is 0 Å². The molecule has 0 bridgehead atoms. The minimum absolute atomic E-state index is 0.0850. The Kier molecular flexibility index (Phi) is 2.89. The fourth-order valence-corrected chi connectivity index (χ4v) is 2.01. The normalized spacial score (nSPS) is 27.8. The topological polar surface area (TPSA) is 26.3 Å². The van der Waals surface area contributed by atoms with Crippen LogP contribution in [0.2, 0.25) is 0 Å². The lowest BCUT2D eigenvalue weighted by Crippen LogP contribution is -2.54. The molecule has 1 aliphatic rings. The molecule has 0 saturated heterocycles. The van der Waals surface area contributed by atoms with E-state index in [1.54, 1.807) is 6.92 Å². The molecule has 1 aliphatic carbocycles. The van der Waals surface area contributed by atoms with Crippen LogP contribution in [0.5, 0.6) is 5.75 Å². The maximum Gasteiger partial charge on any atom is 0.191 e. The highest BCUT2D eigenvalue weighted by Gasteiger charge is 2.51. The van der Waals surface area contributed by atoms with Crippen LogP contribution in [0, 0.1) is 17.0 Å². The minimum Gasteiger partial charge on any atom is -0.483 e. The summed E-state index contributed by atoms with van der Waals surface area (Å²) in [6.07, 6.45) is 0.386. The molecule has 0 aromatic heterocycles. The number of hydrogen-bond donors (Lipinski definition) is 0. The summed E-state index contributed by atoms with van der Waals surface area (Å²) in [7, 11) is 0. The summed E-state index contributed by atoms with van der Waals surface area (Å²) < 4.78 is 32.1. The molecule has 0 aliphatic heterocycles. The van der Waals surface area contributed by atoms with Crippen LogP contribution < -0.4 is 4.74 Å². The number of ketones is 1. The summed E-state index contributed by atoms with van der Waals surface area (Å²) in [5.41, 5.74) is -0.616. The van der Waals surface area contributed by atoms with Crippen LogP contribution in [-0.4, -0.2) is 11.9 Å². The smallest absolute Gasteiger partial charge is 0.191 e. The molecule has 2 rings (SSSR count). The predicted octanol–water partition coefficient (Wildman–Crippen LogP) is 3.10. The Morgan fingerprint density at radius 3 is 2.47 bits per heavy atom. The fraction of sp³-hybridized carbons (Fsp3) is 0.462. The first-order valence-corrected chi connectivity index (χ1v) is 5.63. The molecule has 92 valence electrons. The van der Waals surface area contributed by atoms with E-state index in [4.69, 9.17) is 4.74 Å². The number of Topliss-reactive ketones (excluding diaryl/α,β-unsaturated/α-hetero) is 1. The summed E-state index contributed by atoms with van der Waals surface area (Å²) in [5, 5.41) is 0. The van der Waals surface area contributed by atoms with Gasteiger partial charge in [-0.15, -0.1) is 0 Å². The molecule has 4 heteroatoms. The van der Waals surface area contributed by atoms with Gasteiger partial charge in [-0.1, -0.05) is 13.0 Å². The molecule has 0 spiro atoms. The zero-order valence-corrected chi connectivity index (χ0v) is 9.80. The summed E-state index contributed by atoms with van der Waals surface area (Å²) in [6, 6.07) is 3.56. The van der Waals surface area contributed by atoms with Crippen molar-refractivity contribution in [1.29, 1.82) is 0 Å². The number of halogens is 2. The van der Waals surface area contributed by atoms with E-state index in [9.17, 15) is 13.6 Å². The van der Waals surface area contributed by atoms with Crippen molar-refractivity contribution in [3.63, 3.8) is 0 Å². The van der Waals surface area contributed by atoms with Gasteiger partial charge in [0, 0.05) is 6.42 Å². The Hall–Kier alpha value is -1.45. The van der Waals surface area contributed by atoms with Crippen molar-refractivity contribution < 1.29 is 18.3 Å². The third kappa shape index (κ3) is 1.81. The zero-order valence-electron chi connectivity index (χ0n) is 9.80. The Bertz CT molecular complexity index is 438. The maximum absolute atomic E-state index is 13.4. The highest BCUT2D eigenvalue weighted by molar-refractivity contribution is 5.92. The molecule has 0 amide bonds. The van der Waals surface area contributed by atoms with Crippen LogP contribution in [0.3, 0.4) is 0 Å². The van der Waals surface area contributed by atoms with Crippen LogP contribution in [0.25, 0.3) is 0 Å². The van der Waals surface area contributed by atoms with Gasteiger partial charge in [-0.3, -0.25) is 4.79 Å². The molecule has 0 heterocycles. The van der Waals surface area contributed by atoms with E-state index in [2.05, 4.69) is 0 Å². The monoisotopic (exact) mass is 240 g/mol. The van der Waals surface area contributed by atoms with Gasteiger partial charge in [-0.25, -0.2) is 8.78 Å². The van der Waals surface area contributed by atoms with Crippen LogP contribution in [-0.2, 0) is 4.79 Å². The van der Waals surface area contributed by atoms with E-state index < -0.39 is 23.2 Å². The average molecular weight is 240 g/mol. The van der Waals surface area contributed by atoms with Crippen molar-refractivity contribution in [2.45, 2.75) is 32.8 Å². The Morgan fingerprint density at radius 2 is 2.00 bits per heavy atom. The van der Waals surface area contributed by atoms with Gasteiger partial charge < -0.3 is 4.74 Å². The first-order valence-electron chi connectivity index (χ1n) is 5.63. The number of benzene rings is 1. The number of rotatable bonds is 3. The molecule has 17 heavy (non-hydrogen) atoms. The van der Waals surface area contributed by atoms with Crippen molar-refractivity contribution in [3.05, 3.63) is 29.8 Å². The van der Waals surface area contributed by atoms with E-state index in [1.807, 2.05) is 6.92 Å². The second-order valence-corrected chi connectivity index (χ2v) is 4.56. The number of carbonyl (C=O) groups is 1. The van der Waals surface area contributed by atoms with Crippen LogP contribution >= 0.6 is 0 Å². The van der Waals surface area contributed by atoms with Gasteiger partial charge in [0.15, 0.2) is 17.4 Å². The largest absolute Gasteiger partial charge is 0.483 e. The lowest BCUT2D eigenvalue weighted by molar-refractivity contribution is -0.151. The second-order valence-electron chi connectivity index (χ2n) is 4.56. The Morgan fingerprint density at radius 1 is 1.41 bits per heavy atom. The van der Waals surface area contributed by atoms with Gasteiger partial charge >= 0.3 is 0 Å². The van der Waals surface area contributed by atoms with Gasteiger partial charge in [-0.05, 0) is 25.5 Å². The summed E-state index contributed by atoms with van der Waals surface area (Å²) in [6.45, 7) is 3.63. The molecule has 2 atom stereocenters. The summed E-state index contributed by atoms with van der Waals surface area (Å²) >= 11 is 0. The first kappa shape index (κ1) is 12.0. The Balaban J connectivity index is 2.21. The van der Waals surface area contributed by atoms with Gasteiger partial charge in [0.25, 0.3) is 0 Å². The number of para-hydroxylation sites is 1. The number of carbonyl (C=O) groups excluding carboxylic acids is 1.